The Morgan fingerprint density at radius 2 is 1.82 bits per heavy atom. The molecular weight excluding hydrogens is 154 g/mol. The van der Waals surface area contributed by atoms with E-state index in [1.54, 1.807) is 0 Å². The Kier molecular flexibility index (Phi) is 1.99. The molecule has 0 aromatic rings. The van der Waals surface area contributed by atoms with E-state index >= 15 is 0 Å². The second-order valence-corrected chi connectivity index (χ2v) is 4.55. The van der Waals surface area contributed by atoms with Gasteiger partial charge in [0.1, 0.15) is 0 Å². The van der Waals surface area contributed by atoms with Crippen molar-refractivity contribution in [2.45, 2.75) is 33.7 Å². The molecule has 0 radical (unpaired) electrons. The molecule has 64 valence electrons. The van der Waals surface area contributed by atoms with Crippen LogP contribution >= 0.6 is 12.2 Å². The molecule has 11 heavy (non-hydrogen) atoms. The minimum atomic E-state index is 0.212. The molecule has 1 aliphatic rings. The van der Waals surface area contributed by atoms with Crippen molar-refractivity contribution < 1.29 is 0 Å². The normalized spacial score (nSPS) is 36.5. The third-order valence-electron chi connectivity index (χ3n) is 3.34. The van der Waals surface area contributed by atoms with Crippen molar-refractivity contribution >= 4 is 17.2 Å². The first-order valence-electron chi connectivity index (χ1n) is 4.16. The number of nitrogens with zero attached hydrogens (tertiary/aromatic N) is 1. The third-order valence-corrected chi connectivity index (χ3v) is 4.16. The zero-order chi connectivity index (χ0) is 8.81. The van der Waals surface area contributed by atoms with Crippen molar-refractivity contribution in [2.24, 2.45) is 11.3 Å². The second kappa shape index (κ2) is 2.44. The highest BCUT2D eigenvalue weighted by atomic mass is 32.1. The topological polar surface area (TPSA) is 3.24 Å². The fourth-order valence-electron chi connectivity index (χ4n) is 1.77. The first kappa shape index (κ1) is 8.98. The monoisotopic (exact) mass is 171 g/mol. The van der Waals surface area contributed by atoms with E-state index in [9.17, 15) is 0 Å². The molecule has 1 fully saturated rings. The summed E-state index contributed by atoms with van der Waals surface area (Å²) >= 11 is 5.36. The summed E-state index contributed by atoms with van der Waals surface area (Å²) in [6.45, 7) is 8.99. The Balaban J connectivity index is 2.96. The van der Waals surface area contributed by atoms with Crippen LogP contribution in [0, 0.1) is 11.3 Å². The minimum absolute atomic E-state index is 0.212. The van der Waals surface area contributed by atoms with Crippen molar-refractivity contribution in [1.82, 2.24) is 4.90 Å². The van der Waals surface area contributed by atoms with E-state index in [1.807, 2.05) is 0 Å². The molecule has 0 aromatic carbocycles. The van der Waals surface area contributed by atoms with Crippen molar-refractivity contribution in [3.8, 4) is 0 Å². The van der Waals surface area contributed by atoms with Gasteiger partial charge >= 0.3 is 0 Å². The van der Waals surface area contributed by atoms with Crippen molar-refractivity contribution in [3.05, 3.63) is 0 Å². The maximum Gasteiger partial charge on any atom is 0.0839 e. The molecule has 0 aromatic heterocycles. The number of likely N-dealkylation sites (tertiary alicyclic amines) is 1. The molecule has 0 unspecified atom stereocenters. The summed E-state index contributed by atoms with van der Waals surface area (Å²) in [6, 6.07) is 0.595. The van der Waals surface area contributed by atoms with Crippen LogP contribution in [0.5, 0.6) is 0 Å². The molecule has 2 heteroatoms. The molecular formula is C9H17NS. The zero-order valence-corrected chi connectivity index (χ0v) is 8.83. The molecule has 2 atom stereocenters. The standard InChI is InChI=1S/C9H17NS/c1-6-7(2)10(5)8(11)9(6,3)4/h6-7H,1-5H3/t6-,7+/m1/s1. The van der Waals surface area contributed by atoms with Crippen LogP contribution in [0.25, 0.3) is 0 Å². The Hall–Kier alpha value is -0.110. The predicted octanol–water partition coefficient (Wildman–Crippen LogP) is 2.31. The maximum absolute atomic E-state index is 5.36. The van der Waals surface area contributed by atoms with Gasteiger partial charge in [-0.05, 0) is 12.8 Å². The summed E-state index contributed by atoms with van der Waals surface area (Å²) in [4.78, 5) is 3.33. The second-order valence-electron chi connectivity index (χ2n) is 4.17. The summed E-state index contributed by atoms with van der Waals surface area (Å²) in [5.41, 5.74) is 0.212. The molecule has 1 aliphatic heterocycles. The van der Waals surface area contributed by atoms with Crippen LogP contribution in [0.3, 0.4) is 0 Å². The molecule has 0 bridgehead atoms. The Morgan fingerprint density at radius 1 is 1.36 bits per heavy atom. The van der Waals surface area contributed by atoms with Crippen LogP contribution in [0.1, 0.15) is 27.7 Å². The van der Waals surface area contributed by atoms with E-state index in [0.29, 0.717) is 12.0 Å². The van der Waals surface area contributed by atoms with E-state index in [1.165, 1.54) is 0 Å². The van der Waals surface area contributed by atoms with Gasteiger partial charge in [-0.25, -0.2) is 0 Å². The predicted molar refractivity (Wildman–Crippen MR) is 52.8 cm³/mol. The lowest BCUT2D eigenvalue weighted by Gasteiger charge is -2.22. The van der Waals surface area contributed by atoms with E-state index in [2.05, 4.69) is 39.6 Å². The lowest BCUT2D eigenvalue weighted by molar-refractivity contribution is 0.288. The van der Waals surface area contributed by atoms with Gasteiger partial charge in [-0.15, -0.1) is 0 Å². The van der Waals surface area contributed by atoms with Gasteiger partial charge in [0.25, 0.3) is 0 Å². The first-order chi connectivity index (χ1) is 4.89. The van der Waals surface area contributed by atoms with Gasteiger partial charge in [0.05, 0.1) is 4.99 Å². The number of hydrogen-bond donors (Lipinski definition) is 0. The van der Waals surface area contributed by atoms with Crippen molar-refractivity contribution in [1.29, 1.82) is 0 Å². The Labute approximate surface area is 74.8 Å². The summed E-state index contributed by atoms with van der Waals surface area (Å²) in [5.74, 6) is 0.667. The molecule has 0 amide bonds. The average Bonchev–Trinajstić information content (AvgIpc) is 2.06. The SMILES string of the molecule is C[C@@H]1[C@H](C)N(C)C(=S)C1(C)C. The van der Waals surface area contributed by atoms with Crippen LogP contribution in [0.4, 0.5) is 0 Å². The lowest BCUT2D eigenvalue weighted by Crippen LogP contribution is -2.28. The average molecular weight is 171 g/mol. The van der Waals surface area contributed by atoms with E-state index in [4.69, 9.17) is 12.2 Å². The van der Waals surface area contributed by atoms with E-state index in [-0.39, 0.29) is 5.41 Å². The smallest absolute Gasteiger partial charge is 0.0839 e. The quantitative estimate of drug-likeness (QED) is 0.515. The van der Waals surface area contributed by atoms with Crippen molar-refractivity contribution in [2.75, 3.05) is 7.05 Å². The van der Waals surface area contributed by atoms with Crippen molar-refractivity contribution in [3.63, 3.8) is 0 Å². The van der Waals surface area contributed by atoms with Gasteiger partial charge < -0.3 is 4.90 Å². The molecule has 1 heterocycles. The molecule has 1 rings (SSSR count). The highest BCUT2D eigenvalue weighted by Crippen LogP contribution is 2.40. The number of hydrogen-bond acceptors (Lipinski definition) is 1. The molecule has 1 nitrogen and oxygen atoms in total. The minimum Gasteiger partial charge on any atom is -0.366 e. The first-order valence-corrected chi connectivity index (χ1v) is 4.57. The van der Waals surface area contributed by atoms with Gasteiger partial charge in [-0.2, -0.15) is 0 Å². The van der Waals surface area contributed by atoms with Gasteiger partial charge in [-0.3, -0.25) is 0 Å². The van der Waals surface area contributed by atoms with Crippen LogP contribution in [0.15, 0.2) is 0 Å². The van der Waals surface area contributed by atoms with Gasteiger partial charge in [0, 0.05) is 18.5 Å². The van der Waals surface area contributed by atoms with E-state index < -0.39 is 0 Å². The highest BCUT2D eigenvalue weighted by Gasteiger charge is 2.44. The zero-order valence-electron chi connectivity index (χ0n) is 8.01. The molecule has 1 saturated heterocycles. The number of thiocarbonyl (C=S) groups is 1. The van der Waals surface area contributed by atoms with Gasteiger partial charge in [0.15, 0.2) is 0 Å². The molecule has 0 spiro atoms. The van der Waals surface area contributed by atoms with Crippen LogP contribution in [-0.2, 0) is 0 Å². The summed E-state index contributed by atoms with van der Waals surface area (Å²) in [7, 11) is 2.10. The largest absolute Gasteiger partial charge is 0.366 e. The number of rotatable bonds is 0. The summed E-state index contributed by atoms with van der Waals surface area (Å²) in [5, 5.41) is 0. The van der Waals surface area contributed by atoms with Crippen LogP contribution in [0.2, 0.25) is 0 Å². The lowest BCUT2D eigenvalue weighted by atomic mass is 9.80. The fourth-order valence-corrected chi connectivity index (χ4v) is 2.12. The highest BCUT2D eigenvalue weighted by molar-refractivity contribution is 7.80. The van der Waals surface area contributed by atoms with Crippen LogP contribution < -0.4 is 0 Å². The van der Waals surface area contributed by atoms with Gasteiger partial charge in [0.2, 0.25) is 0 Å². The van der Waals surface area contributed by atoms with Gasteiger partial charge in [-0.1, -0.05) is 33.0 Å². The maximum atomic E-state index is 5.36. The third kappa shape index (κ3) is 1.08. The fraction of sp³-hybridized carbons (Fsp3) is 0.889. The summed E-state index contributed by atoms with van der Waals surface area (Å²) < 4.78 is 0. The molecule has 0 N–H and O–H groups in total. The molecule has 0 aliphatic carbocycles. The summed E-state index contributed by atoms with van der Waals surface area (Å²) in [6.07, 6.45) is 0. The van der Waals surface area contributed by atoms with Crippen LogP contribution in [-0.4, -0.2) is 23.0 Å². The molecule has 0 saturated carbocycles. The Bertz CT molecular complexity index is 186. The Morgan fingerprint density at radius 3 is 1.91 bits per heavy atom. The van der Waals surface area contributed by atoms with E-state index in [0.717, 1.165) is 4.99 Å².